The molecule has 0 aliphatic carbocycles. The fraction of sp³-hybridized carbons (Fsp3) is 0. The van der Waals surface area contributed by atoms with Crippen molar-refractivity contribution >= 4 is 18.2 Å². The molecule has 7 heavy (non-hydrogen) atoms. The molecule has 0 fully saturated rings. The molecular weight excluding hydrogens is 132 g/mol. The standard InChI is InChI=1S/H4N2O3Si2/c1-6(3)5-7(2)4/h1-2H2. The van der Waals surface area contributed by atoms with E-state index in [-0.39, 0.29) is 0 Å². The van der Waals surface area contributed by atoms with E-state index < -0.39 is 18.2 Å². The molecule has 40 valence electrons. The smallest absolute Gasteiger partial charge is 0.495 e. The van der Waals surface area contributed by atoms with Crippen LogP contribution in [0.5, 0.6) is 0 Å². The summed E-state index contributed by atoms with van der Waals surface area (Å²) < 4.78 is 23.4. The third kappa shape index (κ3) is 5.43. The van der Waals surface area contributed by atoms with E-state index in [4.69, 9.17) is 0 Å². The molecule has 0 rings (SSSR count). The Balaban J connectivity index is 3.32. The number of hydrogen-bond donors (Lipinski definition) is 2. The summed E-state index contributed by atoms with van der Waals surface area (Å²) in [5, 5.41) is 9.13. The lowest BCUT2D eigenvalue weighted by atomic mass is 13.9. The largest absolute Gasteiger partial charge is 0.626 e. The van der Waals surface area contributed by atoms with E-state index >= 15 is 0 Å². The van der Waals surface area contributed by atoms with E-state index in [0.717, 1.165) is 0 Å². The maximum Gasteiger partial charge on any atom is 0.626 e. The van der Waals surface area contributed by atoms with Crippen LogP contribution in [0.15, 0.2) is 0 Å². The fourth-order valence-electron chi connectivity index (χ4n) is 0.0991. The summed E-state index contributed by atoms with van der Waals surface area (Å²) >= 11 is 0. The van der Waals surface area contributed by atoms with Gasteiger partial charge in [-0.3, -0.25) is 0 Å². The quantitative estimate of drug-likeness (QED) is 0.418. The number of rotatable bonds is 2. The molecule has 0 aliphatic heterocycles. The van der Waals surface area contributed by atoms with Crippen molar-refractivity contribution in [2.45, 2.75) is 0 Å². The fourth-order valence-corrected chi connectivity index (χ4v) is 0.892. The zero-order valence-electron chi connectivity index (χ0n) is 3.38. The molecular formula is H4N2O3Si2. The lowest BCUT2D eigenvalue weighted by molar-refractivity contribution is 0.415. The summed E-state index contributed by atoms with van der Waals surface area (Å²) in [7, 11) is -5.15. The molecule has 0 spiro atoms. The van der Waals surface area contributed by atoms with Gasteiger partial charge in [0.15, 0.2) is 0 Å². The highest BCUT2D eigenvalue weighted by Gasteiger charge is 2.04. The Labute approximate surface area is 43.0 Å². The predicted molar refractivity (Wildman–Crippen MR) is 22.3 cm³/mol. The topological polar surface area (TPSA) is 95.4 Å². The third-order valence-electron chi connectivity index (χ3n) is 0.201. The molecule has 0 unspecified atom stereocenters. The van der Waals surface area contributed by atoms with Crippen LogP contribution >= 0.6 is 0 Å². The van der Waals surface area contributed by atoms with Crippen molar-refractivity contribution in [2.24, 2.45) is 10.8 Å². The number of hydrogen-bond acceptors (Lipinski definition) is 3. The Morgan fingerprint density at radius 1 is 1.14 bits per heavy atom. The summed E-state index contributed by atoms with van der Waals surface area (Å²) in [5.74, 6) is 0. The van der Waals surface area contributed by atoms with Crippen LogP contribution in [0.2, 0.25) is 0 Å². The lowest BCUT2D eigenvalue weighted by Gasteiger charge is -1.85. The Morgan fingerprint density at radius 3 is 1.43 bits per heavy atom. The van der Waals surface area contributed by atoms with Crippen LogP contribution in [0.25, 0.3) is 0 Å². The Hall–Kier alpha value is -0.566. The third-order valence-corrected chi connectivity index (χ3v) is 1.81. The molecule has 0 saturated carbocycles. The van der Waals surface area contributed by atoms with Crippen LogP contribution in [0.4, 0.5) is 0 Å². The summed E-state index contributed by atoms with van der Waals surface area (Å²) in [6.45, 7) is 0. The van der Waals surface area contributed by atoms with Gasteiger partial charge in [0.1, 0.15) is 0 Å². The first kappa shape index (κ1) is 6.43. The zero-order valence-corrected chi connectivity index (χ0v) is 5.38. The monoisotopic (exact) mass is 136 g/mol. The minimum Gasteiger partial charge on any atom is -0.495 e. The SMILES string of the molecule is N[Si](=O)O[Si](N)=O. The molecule has 4 N–H and O–H groups in total. The van der Waals surface area contributed by atoms with Crippen LogP contribution in [0.1, 0.15) is 0 Å². The van der Waals surface area contributed by atoms with Gasteiger partial charge in [-0.25, -0.2) is 0 Å². The van der Waals surface area contributed by atoms with E-state index in [9.17, 15) is 8.92 Å². The minimum absolute atomic E-state index is 2.58. The van der Waals surface area contributed by atoms with Crippen molar-refractivity contribution < 1.29 is 13.0 Å². The van der Waals surface area contributed by atoms with Crippen LogP contribution < -0.4 is 10.8 Å². The van der Waals surface area contributed by atoms with Crippen LogP contribution in [0.3, 0.4) is 0 Å². The molecule has 0 aromatic rings. The van der Waals surface area contributed by atoms with E-state index in [1.807, 2.05) is 0 Å². The molecule has 0 aromatic heterocycles. The Bertz CT molecular complexity index is 87.1. The molecule has 0 aliphatic rings. The molecule has 0 bridgehead atoms. The second-order valence-corrected chi connectivity index (χ2v) is 2.83. The Kier molecular flexibility index (Phi) is 2.37. The average molecular weight is 136 g/mol. The van der Waals surface area contributed by atoms with Gasteiger partial charge in [0.2, 0.25) is 0 Å². The van der Waals surface area contributed by atoms with Gasteiger partial charge < -0.3 is 23.8 Å². The van der Waals surface area contributed by atoms with Crippen molar-refractivity contribution in [3.63, 3.8) is 0 Å². The van der Waals surface area contributed by atoms with Gasteiger partial charge in [0, 0.05) is 0 Å². The Morgan fingerprint density at radius 2 is 1.43 bits per heavy atom. The normalized spacial score (nSPS) is 7.43. The van der Waals surface area contributed by atoms with Gasteiger partial charge >= 0.3 is 18.2 Å². The van der Waals surface area contributed by atoms with E-state index in [0.29, 0.717) is 0 Å². The predicted octanol–water partition coefficient (Wildman–Crippen LogP) is -2.25. The van der Waals surface area contributed by atoms with Crippen LogP contribution in [-0.2, 0) is 13.0 Å². The molecule has 0 amide bonds. The van der Waals surface area contributed by atoms with Crippen molar-refractivity contribution in [2.75, 3.05) is 0 Å². The van der Waals surface area contributed by atoms with Gasteiger partial charge in [-0.15, -0.1) is 0 Å². The number of nitrogens with two attached hydrogens (primary N) is 2. The van der Waals surface area contributed by atoms with Gasteiger partial charge in [0.25, 0.3) is 0 Å². The maximum atomic E-state index is 9.74. The summed E-state index contributed by atoms with van der Waals surface area (Å²) in [5.41, 5.74) is 0. The highest BCUT2D eigenvalue weighted by atomic mass is 28.4. The van der Waals surface area contributed by atoms with Gasteiger partial charge in [-0.2, -0.15) is 0 Å². The summed E-state index contributed by atoms with van der Waals surface area (Å²) in [4.78, 5) is 0. The second-order valence-electron chi connectivity index (χ2n) is 0.740. The highest BCUT2D eigenvalue weighted by Crippen LogP contribution is 1.55. The molecule has 5 nitrogen and oxygen atoms in total. The van der Waals surface area contributed by atoms with Crippen molar-refractivity contribution in [3.05, 3.63) is 0 Å². The van der Waals surface area contributed by atoms with Crippen LogP contribution in [0, 0.1) is 0 Å². The first-order chi connectivity index (χ1) is 3.13. The first-order valence-corrected chi connectivity index (χ1v) is 4.18. The van der Waals surface area contributed by atoms with Gasteiger partial charge in [0.05, 0.1) is 0 Å². The molecule has 0 aromatic carbocycles. The molecule has 7 heteroatoms. The van der Waals surface area contributed by atoms with E-state index in [1.165, 1.54) is 0 Å². The van der Waals surface area contributed by atoms with Gasteiger partial charge in [-0.1, -0.05) is 0 Å². The molecule has 0 saturated heterocycles. The van der Waals surface area contributed by atoms with Crippen LogP contribution in [-0.4, -0.2) is 18.2 Å². The summed E-state index contributed by atoms with van der Waals surface area (Å²) in [6.07, 6.45) is 0. The molecule has 0 atom stereocenters. The van der Waals surface area contributed by atoms with E-state index in [1.54, 1.807) is 0 Å². The molecule has 0 heterocycles. The van der Waals surface area contributed by atoms with Crippen molar-refractivity contribution in [1.29, 1.82) is 0 Å². The highest BCUT2D eigenvalue weighted by molar-refractivity contribution is 6.45. The maximum absolute atomic E-state index is 9.74. The zero-order chi connectivity index (χ0) is 5.86. The van der Waals surface area contributed by atoms with Crippen molar-refractivity contribution in [3.8, 4) is 0 Å². The van der Waals surface area contributed by atoms with E-state index in [2.05, 4.69) is 14.9 Å². The average Bonchev–Trinajstić information content (AvgIpc) is 1.27. The van der Waals surface area contributed by atoms with Gasteiger partial charge in [-0.05, 0) is 0 Å². The molecule has 0 radical (unpaired) electrons. The second kappa shape index (κ2) is 2.58. The lowest BCUT2D eigenvalue weighted by Crippen LogP contribution is -2.29. The van der Waals surface area contributed by atoms with Crippen molar-refractivity contribution in [1.82, 2.24) is 0 Å². The summed E-state index contributed by atoms with van der Waals surface area (Å²) in [6, 6.07) is 0. The minimum atomic E-state index is -2.58. The first-order valence-electron chi connectivity index (χ1n) is 1.39.